The zero-order chi connectivity index (χ0) is 16.8. The Hall–Kier alpha value is -1.77. The van der Waals surface area contributed by atoms with E-state index < -0.39 is 0 Å². The van der Waals surface area contributed by atoms with Crippen LogP contribution in [0.25, 0.3) is 0 Å². The molecule has 1 aliphatic heterocycles. The van der Waals surface area contributed by atoms with Gasteiger partial charge in [-0.3, -0.25) is 4.79 Å². The zero-order valence-corrected chi connectivity index (χ0v) is 14.7. The Bertz CT molecular complexity index is 859. The second-order valence-corrected chi connectivity index (χ2v) is 7.34. The summed E-state index contributed by atoms with van der Waals surface area (Å²) in [6, 6.07) is 11.7. The molecule has 1 heterocycles. The standard InChI is InChI=1S/C20H17Cl2NO/c1-11(24)12-5-8-19-17(9-12)14-3-2-4-15(14)20(23-19)16-7-6-13(21)10-18(16)22/h2-3,5-10,14-15,20,23H,4H2,1H3/t14-,15-,20+/m0/s1. The highest BCUT2D eigenvalue weighted by atomic mass is 35.5. The van der Waals surface area contributed by atoms with Gasteiger partial charge in [0, 0.05) is 27.2 Å². The maximum absolute atomic E-state index is 11.7. The molecule has 2 nitrogen and oxygen atoms in total. The summed E-state index contributed by atoms with van der Waals surface area (Å²) in [4.78, 5) is 11.7. The van der Waals surface area contributed by atoms with Crippen LogP contribution in [0.3, 0.4) is 0 Å². The summed E-state index contributed by atoms with van der Waals surface area (Å²) in [7, 11) is 0. The molecular weight excluding hydrogens is 341 g/mol. The molecule has 24 heavy (non-hydrogen) atoms. The van der Waals surface area contributed by atoms with E-state index in [0.29, 0.717) is 21.9 Å². The molecule has 0 saturated heterocycles. The predicted molar refractivity (Wildman–Crippen MR) is 99.3 cm³/mol. The highest BCUT2D eigenvalue weighted by Crippen LogP contribution is 2.51. The van der Waals surface area contributed by atoms with Crippen molar-refractivity contribution in [2.45, 2.75) is 25.3 Å². The van der Waals surface area contributed by atoms with Crippen LogP contribution >= 0.6 is 23.2 Å². The Balaban J connectivity index is 1.79. The van der Waals surface area contributed by atoms with Crippen LogP contribution in [0.2, 0.25) is 10.0 Å². The van der Waals surface area contributed by atoms with Gasteiger partial charge in [-0.15, -0.1) is 0 Å². The van der Waals surface area contributed by atoms with Crippen LogP contribution in [0, 0.1) is 5.92 Å². The summed E-state index contributed by atoms with van der Waals surface area (Å²) in [5.41, 5.74) is 4.10. The number of fused-ring (bicyclic) bond motifs is 3. The van der Waals surface area contributed by atoms with E-state index in [2.05, 4.69) is 17.5 Å². The van der Waals surface area contributed by atoms with Gasteiger partial charge < -0.3 is 5.32 Å². The minimum Gasteiger partial charge on any atom is -0.378 e. The van der Waals surface area contributed by atoms with E-state index in [1.165, 1.54) is 5.56 Å². The molecule has 4 rings (SSSR count). The highest BCUT2D eigenvalue weighted by molar-refractivity contribution is 6.35. The number of Topliss-reactive ketones (excluding diaryl/α,β-unsaturated/α-hetero) is 1. The van der Waals surface area contributed by atoms with Crippen LogP contribution in [0.1, 0.15) is 46.8 Å². The van der Waals surface area contributed by atoms with Crippen molar-refractivity contribution in [3.63, 3.8) is 0 Å². The Labute approximate surface area is 151 Å². The molecule has 0 amide bonds. The minimum absolute atomic E-state index is 0.0965. The Morgan fingerprint density at radius 3 is 2.71 bits per heavy atom. The van der Waals surface area contributed by atoms with Crippen LogP contribution in [0.5, 0.6) is 0 Å². The maximum Gasteiger partial charge on any atom is 0.159 e. The normalized spacial score (nSPS) is 24.2. The first-order valence-electron chi connectivity index (χ1n) is 8.07. The molecule has 0 saturated carbocycles. The van der Waals surface area contributed by atoms with Crippen LogP contribution < -0.4 is 5.32 Å². The largest absolute Gasteiger partial charge is 0.378 e. The summed E-state index contributed by atoms with van der Waals surface area (Å²) in [6.45, 7) is 1.61. The van der Waals surface area contributed by atoms with Crippen LogP contribution in [0.4, 0.5) is 5.69 Å². The lowest BCUT2D eigenvalue weighted by Gasteiger charge is -2.38. The van der Waals surface area contributed by atoms with Crippen LogP contribution in [-0.4, -0.2) is 5.78 Å². The summed E-state index contributed by atoms with van der Waals surface area (Å²) in [6.07, 6.45) is 5.47. The molecular formula is C20H17Cl2NO. The van der Waals surface area contributed by atoms with E-state index in [0.717, 1.165) is 23.2 Å². The number of carbonyl (C=O) groups is 1. The Morgan fingerprint density at radius 1 is 1.12 bits per heavy atom. The number of allylic oxidation sites excluding steroid dienone is 2. The Morgan fingerprint density at radius 2 is 1.96 bits per heavy atom. The number of halogens is 2. The van der Waals surface area contributed by atoms with Crippen molar-refractivity contribution in [2.75, 3.05) is 5.32 Å². The smallest absolute Gasteiger partial charge is 0.159 e. The number of carbonyl (C=O) groups excluding carboxylic acids is 1. The van der Waals surface area contributed by atoms with Crippen LogP contribution in [0.15, 0.2) is 48.6 Å². The lowest BCUT2D eigenvalue weighted by molar-refractivity contribution is 0.101. The molecule has 4 heteroatoms. The van der Waals surface area contributed by atoms with Gasteiger partial charge in [0.2, 0.25) is 0 Å². The number of nitrogens with one attached hydrogen (secondary N) is 1. The van der Waals surface area contributed by atoms with Gasteiger partial charge in [0.1, 0.15) is 0 Å². The summed E-state index contributed by atoms with van der Waals surface area (Å²) < 4.78 is 0. The fourth-order valence-electron chi connectivity index (χ4n) is 3.87. The van der Waals surface area contributed by atoms with Crippen molar-refractivity contribution >= 4 is 34.7 Å². The third-order valence-corrected chi connectivity index (χ3v) is 5.63. The molecule has 0 radical (unpaired) electrons. The second kappa shape index (κ2) is 5.94. The molecule has 0 fully saturated rings. The highest BCUT2D eigenvalue weighted by Gasteiger charge is 2.38. The average Bonchev–Trinajstić information content (AvgIpc) is 3.04. The van der Waals surface area contributed by atoms with Crippen molar-refractivity contribution < 1.29 is 4.79 Å². The number of anilines is 1. The van der Waals surface area contributed by atoms with Gasteiger partial charge >= 0.3 is 0 Å². The summed E-state index contributed by atoms with van der Waals surface area (Å²) in [5, 5.41) is 4.97. The van der Waals surface area contributed by atoms with Crippen LogP contribution in [-0.2, 0) is 0 Å². The maximum atomic E-state index is 11.7. The number of ketones is 1. The molecule has 3 atom stereocenters. The third kappa shape index (κ3) is 2.54. The van der Waals surface area contributed by atoms with Crippen molar-refractivity contribution in [2.24, 2.45) is 5.92 Å². The minimum atomic E-state index is 0.0965. The lowest BCUT2D eigenvalue weighted by atomic mass is 9.76. The number of benzene rings is 2. The molecule has 0 aromatic heterocycles. The van der Waals surface area contributed by atoms with E-state index in [4.69, 9.17) is 23.2 Å². The fraction of sp³-hybridized carbons (Fsp3) is 0.250. The molecule has 0 unspecified atom stereocenters. The molecule has 1 N–H and O–H groups in total. The van der Waals surface area contributed by atoms with E-state index in [1.54, 1.807) is 13.0 Å². The number of rotatable bonds is 2. The van der Waals surface area contributed by atoms with Crippen molar-refractivity contribution in [1.82, 2.24) is 0 Å². The third-order valence-electron chi connectivity index (χ3n) is 5.07. The zero-order valence-electron chi connectivity index (χ0n) is 13.2. The van der Waals surface area contributed by atoms with Crippen molar-refractivity contribution in [3.05, 3.63) is 75.3 Å². The van der Waals surface area contributed by atoms with Gasteiger partial charge in [-0.1, -0.05) is 41.4 Å². The summed E-state index contributed by atoms with van der Waals surface area (Å²) in [5.74, 6) is 0.787. The van der Waals surface area contributed by atoms with E-state index in [9.17, 15) is 4.79 Å². The lowest BCUT2D eigenvalue weighted by Crippen LogP contribution is -2.29. The van der Waals surface area contributed by atoms with Gasteiger partial charge in [-0.25, -0.2) is 0 Å². The predicted octanol–water partition coefficient (Wildman–Crippen LogP) is 6.02. The Kier molecular flexibility index (Phi) is 3.90. The van der Waals surface area contributed by atoms with Gasteiger partial charge in [-0.05, 0) is 60.7 Å². The molecule has 0 bridgehead atoms. The molecule has 2 aliphatic rings. The van der Waals surface area contributed by atoms with Gasteiger partial charge in [-0.2, -0.15) is 0 Å². The molecule has 1 aliphatic carbocycles. The monoisotopic (exact) mass is 357 g/mol. The first-order valence-corrected chi connectivity index (χ1v) is 8.83. The van der Waals surface area contributed by atoms with Gasteiger partial charge in [0.25, 0.3) is 0 Å². The first-order chi connectivity index (χ1) is 11.5. The second-order valence-electron chi connectivity index (χ2n) is 6.50. The topological polar surface area (TPSA) is 29.1 Å². The first kappa shape index (κ1) is 15.7. The number of hydrogen-bond donors (Lipinski definition) is 1. The molecule has 122 valence electrons. The molecule has 2 aromatic rings. The SMILES string of the molecule is CC(=O)c1ccc2c(c1)[C@H]1C=CC[C@@H]1[C@H](c1ccc(Cl)cc1Cl)N2. The van der Waals surface area contributed by atoms with Gasteiger partial charge in [0.15, 0.2) is 5.78 Å². The van der Waals surface area contributed by atoms with Crippen molar-refractivity contribution in [3.8, 4) is 0 Å². The fourth-order valence-corrected chi connectivity index (χ4v) is 4.40. The van der Waals surface area contributed by atoms with E-state index >= 15 is 0 Å². The average molecular weight is 358 g/mol. The van der Waals surface area contributed by atoms with E-state index in [1.807, 2.05) is 30.3 Å². The summed E-state index contributed by atoms with van der Waals surface area (Å²) >= 11 is 12.5. The molecule has 2 aromatic carbocycles. The number of hydrogen-bond acceptors (Lipinski definition) is 2. The van der Waals surface area contributed by atoms with Crippen molar-refractivity contribution in [1.29, 1.82) is 0 Å². The quantitative estimate of drug-likeness (QED) is 0.525. The van der Waals surface area contributed by atoms with E-state index in [-0.39, 0.29) is 11.8 Å². The molecule has 0 spiro atoms. The van der Waals surface area contributed by atoms with Gasteiger partial charge in [0.05, 0.1) is 6.04 Å².